The summed E-state index contributed by atoms with van der Waals surface area (Å²) in [6.07, 6.45) is 5.42. The van der Waals surface area contributed by atoms with Crippen LogP contribution in [0.15, 0.2) is 72.9 Å². The summed E-state index contributed by atoms with van der Waals surface area (Å²) in [5.41, 5.74) is 5.06. The van der Waals surface area contributed by atoms with Gasteiger partial charge in [-0.25, -0.2) is 0 Å². The Morgan fingerprint density at radius 2 is 1.81 bits per heavy atom. The number of rotatable bonds is 6. The predicted molar refractivity (Wildman–Crippen MR) is 104 cm³/mol. The molecule has 0 fully saturated rings. The molecule has 0 saturated carbocycles. The van der Waals surface area contributed by atoms with Crippen molar-refractivity contribution in [1.29, 1.82) is 0 Å². The molecular weight excluding hydrogens is 320 g/mol. The lowest BCUT2D eigenvalue weighted by Gasteiger charge is -2.26. The van der Waals surface area contributed by atoms with Crippen molar-refractivity contribution in [1.82, 2.24) is 10.3 Å². The van der Waals surface area contributed by atoms with Gasteiger partial charge in [0.05, 0.1) is 5.69 Å². The molecule has 3 aromatic rings. The van der Waals surface area contributed by atoms with E-state index >= 15 is 0 Å². The van der Waals surface area contributed by atoms with Gasteiger partial charge in [-0.05, 0) is 48.6 Å². The van der Waals surface area contributed by atoms with Crippen LogP contribution < -0.4 is 10.1 Å². The fourth-order valence-corrected chi connectivity index (χ4v) is 3.63. The van der Waals surface area contributed by atoms with Crippen LogP contribution in [0.2, 0.25) is 0 Å². The first-order valence-electron chi connectivity index (χ1n) is 9.32. The third-order valence-electron chi connectivity index (χ3n) is 4.98. The first kappa shape index (κ1) is 16.8. The van der Waals surface area contributed by atoms with Crippen molar-refractivity contribution < 1.29 is 4.74 Å². The van der Waals surface area contributed by atoms with E-state index in [4.69, 9.17) is 4.74 Å². The SMILES string of the molecule is c1ccc(COc2ccccc2CN[C@H]2CCCc3ccccc32)nc1. The molecule has 0 aliphatic heterocycles. The molecule has 1 aliphatic rings. The zero-order valence-electron chi connectivity index (χ0n) is 14.9. The van der Waals surface area contributed by atoms with Gasteiger partial charge >= 0.3 is 0 Å². The highest BCUT2D eigenvalue weighted by atomic mass is 16.5. The Morgan fingerprint density at radius 3 is 2.73 bits per heavy atom. The van der Waals surface area contributed by atoms with Crippen molar-refractivity contribution in [2.24, 2.45) is 0 Å². The maximum absolute atomic E-state index is 6.03. The second-order valence-electron chi connectivity index (χ2n) is 6.74. The van der Waals surface area contributed by atoms with Gasteiger partial charge in [-0.1, -0.05) is 48.5 Å². The predicted octanol–water partition coefficient (Wildman–Crippen LogP) is 4.83. The molecule has 1 heterocycles. The molecule has 26 heavy (non-hydrogen) atoms. The molecule has 1 N–H and O–H groups in total. The Morgan fingerprint density at radius 1 is 0.962 bits per heavy atom. The van der Waals surface area contributed by atoms with Gasteiger partial charge in [-0.15, -0.1) is 0 Å². The zero-order chi connectivity index (χ0) is 17.6. The number of aryl methyl sites for hydroxylation is 1. The monoisotopic (exact) mass is 344 g/mol. The minimum Gasteiger partial charge on any atom is -0.487 e. The summed E-state index contributed by atoms with van der Waals surface area (Å²) in [7, 11) is 0. The standard InChI is InChI=1S/C23H24N2O/c1-3-12-21-18(8-1)10-7-13-22(21)25-16-19-9-2-4-14-23(19)26-17-20-11-5-6-15-24-20/h1-6,8-9,11-12,14-15,22,25H,7,10,13,16-17H2/t22-/m0/s1. The van der Waals surface area contributed by atoms with Crippen LogP contribution in [-0.4, -0.2) is 4.98 Å². The average molecular weight is 344 g/mol. The fraction of sp³-hybridized carbons (Fsp3) is 0.261. The molecule has 0 radical (unpaired) electrons. The molecule has 0 bridgehead atoms. The average Bonchev–Trinajstić information content (AvgIpc) is 2.72. The summed E-state index contributed by atoms with van der Waals surface area (Å²) in [5.74, 6) is 0.926. The summed E-state index contributed by atoms with van der Waals surface area (Å²) in [6.45, 7) is 1.29. The fourth-order valence-electron chi connectivity index (χ4n) is 3.63. The van der Waals surface area contributed by atoms with E-state index in [0.717, 1.165) is 18.0 Å². The summed E-state index contributed by atoms with van der Waals surface area (Å²) in [6, 6.07) is 23.4. The van der Waals surface area contributed by atoms with Gasteiger partial charge in [0.1, 0.15) is 12.4 Å². The second-order valence-corrected chi connectivity index (χ2v) is 6.74. The lowest BCUT2D eigenvalue weighted by Crippen LogP contribution is -2.25. The van der Waals surface area contributed by atoms with E-state index in [0.29, 0.717) is 12.6 Å². The molecule has 1 atom stereocenters. The highest BCUT2D eigenvalue weighted by Gasteiger charge is 2.19. The number of fused-ring (bicyclic) bond motifs is 1. The Balaban J connectivity index is 1.43. The minimum absolute atomic E-state index is 0.420. The Bertz CT molecular complexity index is 848. The summed E-state index contributed by atoms with van der Waals surface area (Å²) in [4.78, 5) is 4.33. The van der Waals surface area contributed by atoms with E-state index in [-0.39, 0.29) is 0 Å². The molecular formula is C23H24N2O. The van der Waals surface area contributed by atoms with E-state index in [1.807, 2.05) is 30.3 Å². The first-order valence-corrected chi connectivity index (χ1v) is 9.32. The van der Waals surface area contributed by atoms with Crippen molar-refractivity contribution in [3.63, 3.8) is 0 Å². The Hall–Kier alpha value is -2.65. The number of nitrogens with zero attached hydrogens (tertiary/aromatic N) is 1. The van der Waals surface area contributed by atoms with Crippen LogP contribution in [0.1, 0.15) is 41.3 Å². The van der Waals surface area contributed by atoms with Crippen molar-refractivity contribution in [3.05, 3.63) is 95.3 Å². The van der Waals surface area contributed by atoms with Crippen LogP contribution in [0, 0.1) is 0 Å². The third kappa shape index (κ3) is 3.94. The molecule has 0 amide bonds. The van der Waals surface area contributed by atoms with E-state index < -0.39 is 0 Å². The molecule has 4 rings (SSSR count). The van der Waals surface area contributed by atoms with E-state index in [2.05, 4.69) is 46.7 Å². The number of hydrogen-bond donors (Lipinski definition) is 1. The van der Waals surface area contributed by atoms with Crippen LogP contribution in [-0.2, 0) is 19.6 Å². The summed E-state index contributed by atoms with van der Waals surface area (Å²) >= 11 is 0. The van der Waals surface area contributed by atoms with Gasteiger partial charge in [0, 0.05) is 24.3 Å². The molecule has 0 spiro atoms. The van der Waals surface area contributed by atoms with Gasteiger partial charge in [-0.3, -0.25) is 4.98 Å². The Labute approximate surface area is 155 Å². The molecule has 3 nitrogen and oxygen atoms in total. The molecule has 1 aromatic heterocycles. The van der Waals surface area contributed by atoms with Crippen molar-refractivity contribution in [2.75, 3.05) is 0 Å². The van der Waals surface area contributed by atoms with Crippen LogP contribution >= 0.6 is 0 Å². The van der Waals surface area contributed by atoms with Gasteiger partial charge in [0.25, 0.3) is 0 Å². The topological polar surface area (TPSA) is 34.1 Å². The van der Waals surface area contributed by atoms with Crippen LogP contribution in [0.25, 0.3) is 0 Å². The molecule has 3 heteroatoms. The molecule has 0 saturated heterocycles. The summed E-state index contributed by atoms with van der Waals surface area (Å²) < 4.78 is 6.03. The molecule has 1 aliphatic carbocycles. The minimum atomic E-state index is 0.420. The number of nitrogens with one attached hydrogen (secondary N) is 1. The smallest absolute Gasteiger partial charge is 0.130 e. The quantitative estimate of drug-likeness (QED) is 0.695. The maximum Gasteiger partial charge on any atom is 0.130 e. The number of ether oxygens (including phenoxy) is 1. The van der Waals surface area contributed by atoms with Crippen LogP contribution in [0.3, 0.4) is 0 Å². The van der Waals surface area contributed by atoms with Gasteiger partial charge in [0.15, 0.2) is 0 Å². The van der Waals surface area contributed by atoms with Gasteiger partial charge < -0.3 is 10.1 Å². The lowest BCUT2D eigenvalue weighted by molar-refractivity contribution is 0.296. The van der Waals surface area contributed by atoms with Crippen molar-refractivity contribution in [3.8, 4) is 5.75 Å². The lowest BCUT2D eigenvalue weighted by atomic mass is 9.87. The highest BCUT2D eigenvalue weighted by molar-refractivity contribution is 5.35. The zero-order valence-corrected chi connectivity index (χ0v) is 14.9. The number of pyridine rings is 1. The van der Waals surface area contributed by atoms with Gasteiger partial charge in [-0.2, -0.15) is 0 Å². The molecule has 132 valence electrons. The number of benzene rings is 2. The second kappa shape index (κ2) is 8.15. The summed E-state index contributed by atoms with van der Waals surface area (Å²) in [5, 5.41) is 3.74. The number of hydrogen-bond acceptors (Lipinski definition) is 3. The highest BCUT2D eigenvalue weighted by Crippen LogP contribution is 2.30. The van der Waals surface area contributed by atoms with Crippen molar-refractivity contribution in [2.45, 2.75) is 38.5 Å². The molecule has 2 aromatic carbocycles. The van der Waals surface area contributed by atoms with Gasteiger partial charge in [0.2, 0.25) is 0 Å². The van der Waals surface area contributed by atoms with Crippen LogP contribution in [0.4, 0.5) is 0 Å². The Kier molecular flexibility index (Phi) is 5.27. The van der Waals surface area contributed by atoms with E-state index in [1.165, 1.54) is 36.0 Å². The number of aromatic nitrogens is 1. The van der Waals surface area contributed by atoms with E-state index in [9.17, 15) is 0 Å². The number of para-hydroxylation sites is 1. The largest absolute Gasteiger partial charge is 0.487 e. The maximum atomic E-state index is 6.03. The van der Waals surface area contributed by atoms with Crippen molar-refractivity contribution >= 4 is 0 Å². The van der Waals surface area contributed by atoms with Crippen LogP contribution in [0.5, 0.6) is 5.75 Å². The third-order valence-corrected chi connectivity index (χ3v) is 4.98. The first-order chi connectivity index (χ1) is 12.9. The molecule has 0 unspecified atom stereocenters. The normalized spacial score (nSPS) is 16.1. The van der Waals surface area contributed by atoms with E-state index in [1.54, 1.807) is 6.20 Å².